The van der Waals surface area contributed by atoms with E-state index in [4.69, 9.17) is 22.1 Å². The summed E-state index contributed by atoms with van der Waals surface area (Å²) in [5.41, 5.74) is 5.91. The fourth-order valence-corrected chi connectivity index (χ4v) is 3.82. The summed E-state index contributed by atoms with van der Waals surface area (Å²) in [6.07, 6.45) is 4.77. The summed E-state index contributed by atoms with van der Waals surface area (Å²) in [5, 5.41) is 3.94. The van der Waals surface area contributed by atoms with E-state index in [0.29, 0.717) is 12.6 Å². The SMILES string of the molecule is NC1CCC(C(=O)NC2CCN(CCOc3ccc(Cl)cc3)CC2)C1. The molecule has 1 aromatic carbocycles. The Kier molecular flexibility index (Phi) is 6.57. The maximum atomic E-state index is 12.3. The molecule has 0 radical (unpaired) electrons. The van der Waals surface area contributed by atoms with Gasteiger partial charge < -0.3 is 15.8 Å². The normalized spacial score (nSPS) is 25.0. The lowest BCUT2D eigenvalue weighted by atomic mass is 10.0. The molecule has 2 aliphatic rings. The van der Waals surface area contributed by atoms with E-state index in [-0.39, 0.29) is 17.9 Å². The quantitative estimate of drug-likeness (QED) is 0.812. The molecule has 0 spiro atoms. The second kappa shape index (κ2) is 8.88. The number of carbonyl (C=O) groups is 1. The van der Waals surface area contributed by atoms with Gasteiger partial charge in [0.1, 0.15) is 12.4 Å². The highest BCUT2D eigenvalue weighted by Gasteiger charge is 2.29. The lowest BCUT2D eigenvalue weighted by Crippen LogP contribution is -2.46. The van der Waals surface area contributed by atoms with Crippen LogP contribution in [0.15, 0.2) is 24.3 Å². The van der Waals surface area contributed by atoms with E-state index in [9.17, 15) is 4.79 Å². The Bertz CT molecular complexity index is 558. The lowest BCUT2D eigenvalue weighted by Gasteiger charge is -2.32. The molecule has 1 aromatic rings. The number of ether oxygens (including phenoxy) is 1. The molecule has 138 valence electrons. The van der Waals surface area contributed by atoms with Gasteiger partial charge in [0.05, 0.1) is 0 Å². The van der Waals surface area contributed by atoms with Crippen molar-refractivity contribution in [1.29, 1.82) is 0 Å². The Morgan fingerprint density at radius 3 is 2.56 bits per heavy atom. The van der Waals surface area contributed by atoms with E-state index in [0.717, 1.165) is 62.5 Å². The van der Waals surface area contributed by atoms with E-state index < -0.39 is 0 Å². The molecule has 5 nitrogen and oxygen atoms in total. The Morgan fingerprint density at radius 2 is 1.92 bits per heavy atom. The fourth-order valence-electron chi connectivity index (χ4n) is 3.70. The summed E-state index contributed by atoms with van der Waals surface area (Å²) < 4.78 is 5.75. The minimum absolute atomic E-state index is 0.126. The highest BCUT2D eigenvalue weighted by molar-refractivity contribution is 6.30. The number of amides is 1. The first-order chi connectivity index (χ1) is 12.1. The molecule has 2 fully saturated rings. The van der Waals surface area contributed by atoms with Gasteiger partial charge in [-0.15, -0.1) is 0 Å². The Labute approximate surface area is 154 Å². The molecule has 1 amide bonds. The molecule has 1 aliphatic carbocycles. The van der Waals surface area contributed by atoms with E-state index in [1.54, 1.807) is 0 Å². The molecule has 6 heteroatoms. The number of hydrogen-bond donors (Lipinski definition) is 2. The van der Waals surface area contributed by atoms with E-state index in [1.807, 2.05) is 24.3 Å². The van der Waals surface area contributed by atoms with Gasteiger partial charge in [-0.3, -0.25) is 9.69 Å². The summed E-state index contributed by atoms with van der Waals surface area (Å²) in [6.45, 7) is 3.57. The minimum atomic E-state index is 0.126. The first kappa shape index (κ1) is 18.5. The highest BCUT2D eigenvalue weighted by atomic mass is 35.5. The third kappa shape index (κ3) is 5.59. The summed E-state index contributed by atoms with van der Waals surface area (Å²) >= 11 is 5.87. The molecule has 1 saturated carbocycles. The number of benzene rings is 1. The van der Waals surface area contributed by atoms with Crippen LogP contribution < -0.4 is 15.8 Å². The first-order valence-electron chi connectivity index (χ1n) is 9.27. The maximum Gasteiger partial charge on any atom is 0.223 e. The van der Waals surface area contributed by atoms with Crippen molar-refractivity contribution in [3.63, 3.8) is 0 Å². The van der Waals surface area contributed by atoms with Crippen LogP contribution in [-0.4, -0.2) is 49.1 Å². The smallest absolute Gasteiger partial charge is 0.223 e. The van der Waals surface area contributed by atoms with E-state index in [2.05, 4.69) is 10.2 Å². The number of nitrogens with one attached hydrogen (secondary N) is 1. The maximum absolute atomic E-state index is 12.3. The van der Waals surface area contributed by atoms with Crippen molar-refractivity contribution >= 4 is 17.5 Å². The Balaban J connectivity index is 1.32. The zero-order valence-electron chi connectivity index (χ0n) is 14.6. The number of nitrogens with two attached hydrogens (primary N) is 1. The fraction of sp³-hybridized carbons (Fsp3) is 0.632. The van der Waals surface area contributed by atoms with Crippen LogP contribution in [0, 0.1) is 5.92 Å². The minimum Gasteiger partial charge on any atom is -0.492 e. The van der Waals surface area contributed by atoms with Crippen LogP contribution in [0.25, 0.3) is 0 Å². The van der Waals surface area contributed by atoms with Crippen LogP contribution in [0.3, 0.4) is 0 Å². The van der Waals surface area contributed by atoms with Crippen molar-refractivity contribution in [2.45, 2.75) is 44.2 Å². The number of hydrogen-bond acceptors (Lipinski definition) is 4. The second-order valence-electron chi connectivity index (χ2n) is 7.20. The summed E-state index contributed by atoms with van der Waals surface area (Å²) in [7, 11) is 0. The number of carbonyl (C=O) groups excluding carboxylic acids is 1. The van der Waals surface area contributed by atoms with Crippen molar-refractivity contribution in [2.24, 2.45) is 11.7 Å². The molecule has 2 unspecified atom stereocenters. The van der Waals surface area contributed by atoms with Crippen LogP contribution in [-0.2, 0) is 4.79 Å². The van der Waals surface area contributed by atoms with Crippen molar-refractivity contribution in [2.75, 3.05) is 26.2 Å². The monoisotopic (exact) mass is 365 g/mol. The van der Waals surface area contributed by atoms with Crippen LogP contribution >= 0.6 is 11.6 Å². The summed E-state index contributed by atoms with van der Waals surface area (Å²) in [4.78, 5) is 14.7. The van der Waals surface area contributed by atoms with Gasteiger partial charge in [-0.05, 0) is 56.4 Å². The van der Waals surface area contributed by atoms with Crippen LogP contribution in [0.4, 0.5) is 0 Å². The molecule has 1 saturated heterocycles. The topological polar surface area (TPSA) is 67.6 Å². The van der Waals surface area contributed by atoms with Crippen molar-refractivity contribution in [3.05, 3.63) is 29.3 Å². The molecule has 1 aliphatic heterocycles. The highest BCUT2D eigenvalue weighted by Crippen LogP contribution is 2.24. The largest absolute Gasteiger partial charge is 0.492 e. The van der Waals surface area contributed by atoms with Crippen LogP contribution in [0.1, 0.15) is 32.1 Å². The van der Waals surface area contributed by atoms with E-state index >= 15 is 0 Å². The van der Waals surface area contributed by atoms with Gasteiger partial charge in [-0.25, -0.2) is 0 Å². The molecule has 1 heterocycles. The molecule has 2 atom stereocenters. The molecule has 3 N–H and O–H groups in total. The van der Waals surface area contributed by atoms with Gasteiger partial charge in [0.15, 0.2) is 0 Å². The number of nitrogens with zero attached hydrogens (tertiary/aromatic N) is 1. The number of rotatable bonds is 6. The van der Waals surface area contributed by atoms with Gasteiger partial charge in [0, 0.05) is 42.7 Å². The van der Waals surface area contributed by atoms with Gasteiger partial charge in [-0.1, -0.05) is 11.6 Å². The predicted octanol–water partition coefficient (Wildman–Crippen LogP) is 2.43. The summed E-state index contributed by atoms with van der Waals surface area (Å²) in [6, 6.07) is 7.96. The molecular formula is C19H28ClN3O2. The first-order valence-corrected chi connectivity index (χ1v) is 9.64. The van der Waals surface area contributed by atoms with Gasteiger partial charge in [0.25, 0.3) is 0 Å². The Morgan fingerprint density at radius 1 is 1.20 bits per heavy atom. The van der Waals surface area contributed by atoms with E-state index in [1.165, 1.54) is 0 Å². The Hall–Kier alpha value is -1.30. The average Bonchev–Trinajstić information content (AvgIpc) is 3.05. The van der Waals surface area contributed by atoms with Gasteiger partial charge in [0.2, 0.25) is 5.91 Å². The van der Waals surface area contributed by atoms with Crippen molar-refractivity contribution < 1.29 is 9.53 Å². The molecule has 3 rings (SSSR count). The second-order valence-corrected chi connectivity index (χ2v) is 7.63. The third-order valence-corrected chi connectivity index (χ3v) is 5.52. The molecule has 0 bridgehead atoms. The predicted molar refractivity (Wildman–Crippen MR) is 99.9 cm³/mol. The zero-order chi connectivity index (χ0) is 17.6. The van der Waals surface area contributed by atoms with Crippen LogP contribution in [0.5, 0.6) is 5.75 Å². The van der Waals surface area contributed by atoms with Crippen molar-refractivity contribution in [1.82, 2.24) is 10.2 Å². The van der Waals surface area contributed by atoms with Gasteiger partial charge in [-0.2, -0.15) is 0 Å². The average molecular weight is 366 g/mol. The standard InChI is InChI=1S/C19H28ClN3O2/c20-15-2-5-18(6-3-15)25-12-11-23-9-7-17(8-10-23)22-19(24)14-1-4-16(21)13-14/h2-3,5-6,14,16-17H,1,4,7-13,21H2,(H,22,24). The number of halogens is 1. The van der Waals surface area contributed by atoms with Gasteiger partial charge >= 0.3 is 0 Å². The molecular weight excluding hydrogens is 338 g/mol. The number of piperidine rings is 1. The summed E-state index contributed by atoms with van der Waals surface area (Å²) in [5.74, 6) is 1.18. The zero-order valence-corrected chi connectivity index (χ0v) is 15.4. The third-order valence-electron chi connectivity index (χ3n) is 5.27. The van der Waals surface area contributed by atoms with Crippen LogP contribution in [0.2, 0.25) is 5.02 Å². The number of likely N-dealkylation sites (tertiary alicyclic amines) is 1. The molecule has 25 heavy (non-hydrogen) atoms. The molecule has 0 aromatic heterocycles. The van der Waals surface area contributed by atoms with Crippen molar-refractivity contribution in [3.8, 4) is 5.75 Å². The lowest BCUT2D eigenvalue weighted by molar-refractivity contribution is -0.125.